The molecule has 0 spiro atoms. The van der Waals surface area contributed by atoms with Gasteiger partial charge < -0.3 is 4.74 Å². The average Bonchev–Trinajstić information content (AvgIpc) is 3.39. The van der Waals surface area contributed by atoms with Crippen molar-refractivity contribution in [3.8, 4) is 5.75 Å². The molecule has 31 heavy (non-hydrogen) atoms. The van der Waals surface area contributed by atoms with Gasteiger partial charge in [-0.05, 0) is 29.2 Å². The molecule has 0 unspecified atom stereocenters. The number of hydrogen-bond acceptors (Lipinski definition) is 7. The van der Waals surface area contributed by atoms with Crippen molar-refractivity contribution in [2.45, 2.75) is 37.7 Å². The van der Waals surface area contributed by atoms with Crippen LogP contribution in [-0.2, 0) is 18.8 Å². The number of aromatic nitrogens is 2. The Balaban J connectivity index is 1.56. The molecule has 0 radical (unpaired) electrons. The van der Waals surface area contributed by atoms with Gasteiger partial charge in [0.05, 0.1) is 25.4 Å². The third-order valence-electron chi connectivity index (χ3n) is 4.89. The zero-order chi connectivity index (χ0) is 21.6. The first-order valence-electron chi connectivity index (χ1n) is 10.4. The summed E-state index contributed by atoms with van der Waals surface area (Å²) >= 11 is 1.80. The summed E-state index contributed by atoms with van der Waals surface area (Å²) in [6.45, 7) is 5.94. The molecule has 2 N–H and O–H groups in total. The number of hydrazine groups is 2. The molecule has 4 rings (SSSR count). The summed E-state index contributed by atoms with van der Waals surface area (Å²) in [4.78, 5) is 0. The lowest BCUT2D eigenvalue weighted by Crippen LogP contribution is -2.40. The molecule has 1 aliphatic rings. The molecule has 2 aromatic carbocycles. The quantitative estimate of drug-likeness (QED) is 0.494. The summed E-state index contributed by atoms with van der Waals surface area (Å²) in [5.74, 6) is 3.06. The highest BCUT2D eigenvalue weighted by Gasteiger charge is 2.25. The number of amidine groups is 1. The number of hydrazone groups is 1. The van der Waals surface area contributed by atoms with Crippen LogP contribution in [0.3, 0.4) is 0 Å². The number of nitrogens with one attached hydrogen (secondary N) is 2. The van der Waals surface area contributed by atoms with E-state index < -0.39 is 0 Å². The minimum atomic E-state index is 0.501. The summed E-state index contributed by atoms with van der Waals surface area (Å²) in [5.41, 5.74) is 9.50. The van der Waals surface area contributed by atoms with Crippen molar-refractivity contribution in [3.05, 3.63) is 77.5 Å². The first-order chi connectivity index (χ1) is 15.1. The van der Waals surface area contributed by atoms with E-state index in [0.717, 1.165) is 40.0 Å². The summed E-state index contributed by atoms with van der Waals surface area (Å²) in [7, 11) is 1.68. The number of rotatable bonds is 9. The van der Waals surface area contributed by atoms with Gasteiger partial charge in [-0.1, -0.05) is 56.3 Å². The van der Waals surface area contributed by atoms with Gasteiger partial charge in [-0.2, -0.15) is 5.10 Å². The number of thioether (sulfide) groups is 1. The fraction of sp³-hybridized carbons (Fsp3) is 0.304. The van der Waals surface area contributed by atoms with E-state index in [9.17, 15) is 0 Å². The Labute approximate surface area is 187 Å². The van der Waals surface area contributed by atoms with Gasteiger partial charge in [0.2, 0.25) is 0 Å². The lowest BCUT2D eigenvalue weighted by atomic mass is 10.2. The number of hydrogen-bond donors (Lipinski definition) is 2. The van der Waals surface area contributed by atoms with Crippen LogP contribution in [0.2, 0.25) is 0 Å². The molecule has 0 fully saturated rings. The fourth-order valence-corrected chi connectivity index (χ4v) is 4.43. The predicted molar refractivity (Wildman–Crippen MR) is 124 cm³/mol. The van der Waals surface area contributed by atoms with E-state index in [-0.39, 0.29) is 0 Å². The molecule has 162 valence electrons. The minimum absolute atomic E-state index is 0.501. The smallest absolute Gasteiger partial charge is 0.177 e. The van der Waals surface area contributed by atoms with E-state index in [2.05, 4.69) is 71.1 Å². The first kappa shape index (κ1) is 21.3. The van der Waals surface area contributed by atoms with Crippen LogP contribution in [0.5, 0.6) is 5.75 Å². The van der Waals surface area contributed by atoms with Crippen molar-refractivity contribution < 1.29 is 4.74 Å². The van der Waals surface area contributed by atoms with E-state index in [0.29, 0.717) is 12.5 Å². The molecule has 7 nitrogen and oxygen atoms in total. The van der Waals surface area contributed by atoms with Crippen molar-refractivity contribution in [2.75, 3.05) is 7.11 Å². The molecule has 0 aliphatic carbocycles. The third kappa shape index (κ3) is 5.21. The monoisotopic (exact) mass is 436 g/mol. The van der Waals surface area contributed by atoms with Crippen molar-refractivity contribution in [1.82, 2.24) is 25.9 Å². The van der Waals surface area contributed by atoms with Gasteiger partial charge in [0, 0.05) is 12.3 Å². The Hall–Kier alpha value is -2.97. The SMILES string of the molecule is COc1ccc(CN2NNN=C2c2cnn(CC(C)C)c2SCc2ccccc2)cc1. The van der Waals surface area contributed by atoms with E-state index in [1.807, 2.05) is 29.4 Å². The van der Waals surface area contributed by atoms with Crippen LogP contribution < -0.4 is 15.8 Å². The molecular weight excluding hydrogens is 408 g/mol. The Kier molecular flexibility index (Phi) is 6.79. The summed E-state index contributed by atoms with van der Waals surface area (Å²) in [5, 5.41) is 12.3. The molecule has 1 aromatic heterocycles. The highest BCUT2D eigenvalue weighted by atomic mass is 32.2. The lowest BCUT2D eigenvalue weighted by molar-refractivity contribution is 0.287. The second-order valence-corrected chi connectivity index (χ2v) is 8.77. The average molecular weight is 437 g/mol. The molecule has 0 bridgehead atoms. The zero-order valence-electron chi connectivity index (χ0n) is 18.1. The van der Waals surface area contributed by atoms with Crippen molar-refractivity contribution in [2.24, 2.45) is 11.0 Å². The number of ether oxygens (including phenoxy) is 1. The lowest BCUT2D eigenvalue weighted by Gasteiger charge is -2.19. The highest BCUT2D eigenvalue weighted by molar-refractivity contribution is 7.98. The van der Waals surface area contributed by atoms with E-state index >= 15 is 0 Å². The van der Waals surface area contributed by atoms with Crippen LogP contribution in [0.1, 0.15) is 30.5 Å². The van der Waals surface area contributed by atoms with Crippen LogP contribution in [0, 0.1) is 5.92 Å². The second kappa shape index (κ2) is 9.89. The summed E-state index contributed by atoms with van der Waals surface area (Å²) < 4.78 is 7.36. The molecule has 0 saturated carbocycles. The van der Waals surface area contributed by atoms with Crippen molar-refractivity contribution >= 4 is 17.6 Å². The largest absolute Gasteiger partial charge is 0.497 e. The normalized spacial score (nSPS) is 13.4. The maximum atomic E-state index is 5.26. The summed E-state index contributed by atoms with van der Waals surface area (Å²) in [6, 6.07) is 18.6. The second-order valence-electron chi connectivity index (χ2n) is 7.81. The van der Waals surface area contributed by atoms with Gasteiger partial charge >= 0.3 is 0 Å². The number of benzene rings is 2. The zero-order valence-corrected chi connectivity index (χ0v) is 18.9. The molecule has 1 aliphatic heterocycles. The third-order valence-corrected chi connectivity index (χ3v) is 6.07. The Morgan fingerprint density at radius 2 is 1.81 bits per heavy atom. The van der Waals surface area contributed by atoms with Crippen molar-refractivity contribution in [3.63, 3.8) is 0 Å². The van der Waals surface area contributed by atoms with Gasteiger partial charge in [0.25, 0.3) is 0 Å². The van der Waals surface area contributed by atoms with E-state index in [1.165, 1.54) is 5.56 Å². The van der Waals surface area contributed by atoms with Crippen LogP contribution in [0.25, 0.3) is 0 Å². The van der Waals surface area contributed by atoms with Crippen LogP contribution >= 0.6 is 11.8 Å². The van der Waals surface area contributed by atoms with E-state index in [1.54, 1.807) is 18.9 Å². The Morgan fingerprint density at radius 1 is 1.03 bits per heavy atom. The fourth-order valence-electron chi connectivity index (χ4n) is 3.37. The molecule has 2 heterocycles. The molecule has 0 amide bonds. The van der Waals surface area contributed by atoms with Gasteiger partial charge in [0.1, 0.15) is 10.8 Å². The maximum absolute atomic E-state index is 5.26. The number of methoxy groups -OCH3 is 1. The van der Waals surface area contributed by atoms with Gasteiger partial charge in [-0.25, -0.2) is 5.53 Å². The van der Waals surface area contributed by atoms with Crippen LogP contribution in [-0.4, -0.2) is 27.7 Å². The van der Waals surface area contributed by atoms with Gasteiger partial charge in [0.15, 0.2) is 5.84 Å². The molecule has 0 saturated heterocycles. The van der Waals surface area contributed by atoms with Gasteiger partial charge in [-0.15, -0.1) is 22.4 Å². The number of nitrogens with zero attached hydrogens (tertiary/aromatic N) is 4. The van der Waals surface area contributed by atoms with Gasteiger partial charge in [-0.3, -0.25) is 9.69 Å². The van der Waals surface area contributed by atoms with Crippen LogP contribution in [0.4, 0.5) is 0 Å². The molecular formula is C23H28N6OS. The van der Waals surface area contributed by atoms with E-state index in [4.69, 9.17) is 9.84 Å². The van der Waals surface area contributed by atoms with Crippen molar-refractivity contribution in [1.29, 1.82) is 0 Å². The topological polar surface area (TPSA) is 66.7 Å². The maximum Gasteiger partial charge on any atom is 0.177 e. The molecule has 8 heteroatoms. The predicted octanol–water partition coefficient (Wildman–Crippen LogP) is 4.03. The minimum Gasteiger partial charge on any atom is -0.497 e. The standard InChI is InChI=1S/C23H28N6OS/c1-17(2)14-29-23(31-16-19-7-5-4-6-8-19)21(13-24-29)22-25-26-27-28(22)15-18-9-11-20(30-3)12-10-18/h4-13,17,26-27H,14-16H2,1-3H3. The Morgan fingerprint density at radius 3 is 2.52 bits per heavy atom. The van der Waals surface area contributed by atoms with Crippen LogP contribution in [0.15, 0.2) is 70.9 Å². The summed E-state index contributed by atoms with van der Waals surface area (Å²) in [6.07, 6.45) is 1.92. The first-order valence-corrected chi connectivity index (χ1v) is 11.3. The molecule has 3 aromatic rings. The molecule has 0 atom stereocenters. The highest BCUT2D eigenvalue weighted by Crippen LogP contribution is 2.29. The Bertz CT molecular complexity index is 1020.